The smallest absolute Gasteiger partial charge is 0.339 e. The van der Waals surface area contributed by atoms with E-state index in [1.54, 1.807) is 18.2 Å². The number of benzene rings is 1. The van der Waals surface area contributed by atoms with Crippen molar-refractivity contribution in [1.29, 1.82) is 0 Å². The normalized spacial score (nSPS) is 9.80. The van der Waals surface area contributed by atoms with Gasteiger partial charge in [-0.05, 0) is 18.2 Å². The largest absolute Gasteiger partial charge is 0.483 e. The number of ether oxygens (including phenoxy) is 1. The summed E-state index contributed by atoms with van der Waals surface area (Å²) >= 11 is 0. The van der Waals surface area contributed by atoms with E-state index in [2.05, 4.69) is 15.3 Å². The third-order valence-corrected chi connectivity index (χ3v) is 2.29. The minimum Gasteiger partial charge on any atom is -0.483 e. The highest BCUT2D eigenvalue weighted by Gasteiger charge is 2.12. The SMILES string of the molecule is O=C(COc1ccccc1C(=O)O)Nc1ncccn1. The lowest BCUT2D eigenvalue weighted by Gasteiger charge is -2.08. The lowest BCUT2D eigenvalue weighted by Crippen LogP contribution is -2.22. The van der Waals surface area contributed by atoms with E-state index in [0.29, 0.717) is 0 Å². The third kappa shape index (κ3) is 3.52. The van der Waals surface area contributed by atoms with E-state index >= 15 is 0 Å². The molecule has 1 amide bonds. The predicted molar refractivity (Wildman–Crippen MR) is 69.6 cm³/mol. The number of hydrogen-bond donors (Lipinski definition) is 2. The zero-order chi connectivity index (χ0) is 14.4. The van der Waals surface area contributed by atoms with Gasteiger partial charge in [-0.15, -0.1) is 0 Å². The van der Waals surface area contributed by atoms with Crippen LogP contribution < -0.4 is 10.1 Å². The van der Waals surface area contributed by atoms with Crippen LogP contribution in [-0.4, -0.2) is 33.6 Å². The number of hydrogen-bond acceptors (Lipinski definition) is 5. The first kappa shape index (κ1) is 13.5. The number of rotatable bonds is 5. The molecule has 0 radical (unpaired) electrons. The Morgan fingerprint density at radius 2 is 1.85 bits per heavy atom. The molecule has 102 valence electrons. The van der Waals surface area contributed by atoms with Crippen LogP contribution in [0.1, 0.15) is 10.4 Å². The molecule has 0 aliphatic rings. The fraction of sp³-hybridized carbons (Fsp3) is 0.0769. The minimum absolute atomic E-state index is 0.00346. The molecule has 0 saturated carbocycles. The second-order valence-electron chi connectivity index (χ2n) is 3.71. The Hall–Kier alpha value is -2.96. The lowest BCUT2D eigenvalue weighted by atomic mass is 10.2. The summed E-state index contributed by atoms with van der Waals surface area (Å²) < 4.78 is 5.18. The summed E-state index contributed by atoms with van der Waals surface area (Å²) in [4.78, 5) is 30.2. The highest BCUT2D eigenvalue weighted by molar-refractivity contribution is 5.92. The molecule has 7 nitrogen and oxygen atoms in total. The van der Waals surface area contributed by atoms with Crippen LogP contribution in [0.5, 0.6) is 5.75 Å². The number of carboxylic acid groups (broad SMARTS) is 1. The van der Waals surface area contributed by atoms with Gasteiger partial charge in [0.1, 0.15) is 11.3 Å². The van der Waals surface area contributed by atoms with E-state index < -0.39 is 11.9 Å². The number of carbonyl (C=O) groups is 2. The van der Waals surface area contributed by atoms with Gasteiger partial charge in [0.25, 0.3) is 5.91 Å². The number of carboxylic acids is 1. The zero-order valence-electron chi connectivity index (χ0n) is 10.3. The number of para-hydroxylation sites is 1. The van der Waals surface area contributed by atoms with Crippen molar-refractivity contribution in [3.63, 3.8) is 0 Å². The Labute approximate surface area is 114 Å². The average Bonchev–Trinajstić information content (AvgIpc) is 2.46. The molecule has 7 heteroatoms. The van der Waals surface area contributed by atoms with E-state index in [-0.39, 0.29) is 23.9 Å². The molecule has 2 rings (SSSR count). The van der Waals surface area contributed by atoms with Crippen LogP contribution in [0, 0.1) is 0 Å². The monoisotopic (exact) mass is 273 g/mol. The molecular weight excluding hydrogens is 262 g/mol. The summed E-state index contributed by atoms with van der Waals surface area (Å²) in [6.45, 7) is -0.331. The quantitative estimate of drug-likeness (QED) is 0.848. The molecule has 1 heterocycles. The van der Waals surface area contributed by atoms with Gasteiger partial charge in [-0.2, -0.15) is 0 Å². The molecule has 0 unspecified atom stereocenters. The fourth-order valence-electron chi connectivity index (χ4n) is 1.44. The van der Waals surface area contributed by atoms with Crippen LogP contribution in [0.25, 0.3) is 0 Å². The number of nitrogens with one attached hydrogen (secondary N) is 1. The van der Waals surface area contributed by atoms with Gasteiger partial charge >= 0.3 is 5.97 Å². The summed E-state index contributed by atoms with van der Waals surface area (Å²) in [6, 6.07) is 7.70. The first-order chi connectivity index (χ1) is 9.66. The van der Waals surface area contributed by atoms with Crippen LogP contribution in [-0.2, 0) is 4.79 Å². The summed E-state index contributed by atoms with van der Waals surface area (Å²) in [6.07, 6.45) is 2.98. The Kier molecular flexibility index (Phi) is 4.23. The molecule has 1 aromatic heterocycles. The van der Waals surface area contributed by atoms with Crippen LogP contribution in [0.3, 0.4) is 0 Å². The second-order valence-corrected chi connectivity index (χ2v) is 3.71. The van der Waals surface area contributed by atoms with Crippen molar-refractivity contribution in [2.24, 2.45) is 0 Å². The Morgan fingerprint density at radius 3 is 2.55 bits per heavy atom. The number of carbonyl (C=O) groups excluding carboxylic acids is 1. The molecule has 0 saturated heterocycles. The summed E-state index contributed by atoms with van der Waals surface area (Å²) in [5, 5.41) is 11.4. The van der Waals surface area contributed by atoms with Crippen LogP contribution in [0.4, 0.5) is 5.95 Å². The molecular formula is C13H11N3O4. The highest BCUT2D eigenvalue weighted by atomic mass is 16.5. The topological polar surface area (TPSA) is 101 Å². The van der Waals surface area contributed by atoms with E-state index in [1.165, 1.54) is 24.5 Å². The summed E-state index contributed by atoms with van der Waals surface area (Å²) in [7, 11) is 0. The first-order valence-electron chi connectivity index (χ1n) is 5.69. The maximum absolute atomic E-state index is 11.6. The maximum Gasteiger partial charge on any atom is 0.339 e. The van der Waals surface area contributed by atoms with Gasteiger partial charge in [0, 0.05) is 12.4 Å². The van der Waals surface area contributed by atoms with Crippen molar-refractivity contribution in [2.75, 3.05) is 11.9 Å². The Balaban J connectivity index is 1.96. The number of amides is 1. The number of aromatic nitrogens is 2. The van der Waals surface area contributed by atoms with Gasteiger partial charge in [0.2, 0.25) is 5.95 Å². The molecule has 1 aromatic carbocycles. The molecule has 0 atom stereocenters. The van der Waals surface area contributed by atoms with Crippen LogP contribution in [0.15, 0.2) is 42.7 Å². The zero-order valence-corrected chi connectivity index (χ0v) is 10.3. The summed E-state index contributed by atoms with van der Waals surface area (Å²) in [5.74, 6) is -1.31. The van der Waals surface area contributed by atoms with Gasteiger partial charge in [0.15, 0.2) is 6.61 Å². The Morgan fingerprint density at radius 1 is 1.15 bits per heavy atom. The molecule has 0 bridgehead atoms. The molecule has 0 aliphatic heterocycles. The third-order valence-electron chi connectivity index (χ3n) is 2.29. The minimum atomic E-state index is -1.12. The van der Waals surface area contributed by atoms with E-state index in [4.69, 9.17) is 9.84 Å². The molecule has 2 aromatic rings. The summed E-state index contributed by atoms with van der Waals surface area (Å²) in [5.41, 5.74) is -0.00346. The van der Waals surface area contributed by atoms with Gasteiger partial charge in [-0.3, -0.25) is 10.1 Å². The van der Waals surface area contributed by atoms with Gasteiger partial charge in [0.05, 0.1) is 0 Å². The second kappa shape index (κ2) is 6.28. The van der Waals surface area contributed by atoms with Crippen molar-refractivity contribution in [1.82, 2.24) is 9.97 Å². The van der Waals surface area contributed by atoms with E-state index in [0.717, 1.165) is 0 Å². The van der Waals surface area contributed by atoms with Gasteiger partial charge < -0.3 is 9.84 Å². The van der Waals surface area contributed by atoms with Crippen molar-refractivity contribution >= 4 is 17.8 Å². The van der Waals surface area contributed by atoms with Crippen LogP contribution in [0.2, 0.25) is 0 Å². The number of anilines is 1. The lowest BCUT2D eigenvalue weighted by molar-refractivity contribution is -0.118. The van der Waals surface area contributed by atoms with Crippen LogP contribution >= 0.6 is 0 Å². The van der Waals surface area contributed by atoms with Crippen molar-refractivity contribution < 1.29 is 19.4 Å². The average molecular weight is 273 g/mol. The number of nitrogens with zero attached hydrogens (tertiary/aromatic N) is 2. The maximum atomic E-state index is 11.6. The molecule has 0 fully saturated rings. The van der Waals surface area contributed by atoms with Crippen molar-refractivity contribution in [3.8, 4) is 5.75 Å². The van der Waals surface area contributed by atoms with Crippen molar-refractivity contribution in [3.05, 3.63) is 48.3 Å². The number of aromatic carboxylic acids is 1. The van der Waals surface area contributed by atoms with Gasteiger partial charge in [-0.1, -0.05) is 12.1 Å². The Bertz CT molecular complexity index is 616. The molecule has 2 N–H and O–H groups in total. The fourth-order valence-corrected chi connectivity index (χ4v) is 1.44. The molecule has 0 spiro atoms. The standard InChI is InChI=1S/C13H11N3O4/c17-11(16-13-14-6-3-7-15-13)8-20-10-5-2-1-4-9(10)12(18)19/h1-7H,8H2,(H,18,19)(H,14,15,16,17). The molecule has 0 aliphatic carbocycles. The predicted octanol–water partition coefficient (Wildman–Crippen LogP) is 1.19. The van der Waals surface area contributed by atoms with E-state index in [1.807, 2.05) is 0 Å². The first-order valence-corrected chi connectivity index (χ1v) is 5.69. The van der Waals surface area contributed by atoms with Gasteiger partial charge in [-0.25, -0.2) is 14.8 Å². The highest BCUT2D eigenvalue weighted by Crippen LogP contribution is 2.17. The van der Waals surface area contributed by atoms with E-state index in [9.17, 15) is 9.59 Å². The van der Waals surface area contributed by atoms with Crippen molar-refractivity contribution in [2.45, 2.75) is 0 Å². The molecule has 20 heavy (non-hydrogen) atoms.